The summed E-state index contributed by atoms with van der Waals surface area (Å²) in [6.45, 7) is 71.3. The Morgan fingerprint density at radius 2 is 0.314 bits per heavy atom. The molecule has 7 aromatic heterocycles. The molecule has 0 aromatic carbocycles. The number of unbranched alkanes of at least 4 members (excludes halogenated alkanes) is 18. The van der Waals surface area contributed by atoms with Gasteiger partial charge in [0, 0.05) is 64.4 Å². The van der Waals surface area contributed by atoms with Crippen molar-refractivity contribution in [2.45, 2.75) is 580 Å². The van der Waals surface area contributed by atoms with Crippen LogP contribution in [0.5, 0.6) is 0 Å². The van der Waals surface area contributed by atoms with Gasteiger partial charge in [0.15, 0.2) is 0 Å². The van der Waals surface area contributed by atoms with Crippen LogP contribution in [0, 0.1) is 82.9 Å². The standard InChI is InChI=1S/4C17H33N3.3C16H31N3/c2*1-15(2)10-6-5-9-13-20-17(14-18-19-20)12-8-7-11-16(3)4;2*1-15(2)10-6-5-7-12-17-14-18-19-20(17)13-9-8-11-16(3)4;1-14(2)9-5-6-11-16-13-19(18-17-16)12-8-7-10-15(3)4;2*1-14(2)9-6-5-7-12-19-13-16(17-18-19)11-8-10-15(3)4/h4*14-16H,5-13H2,1-4H3;3*13-15H,5-12H2,1-4H3. The van der Waals surface area contributed by atoms with Crippen LogP contribution >= 0.6 is 0 Å². The quantitative estimate of drug-likeness (QED) is 0.0324. The molecule has 0 bridgehead atoms. The second-order valence-electron chi connectivity index (χ2n) is 46.8. The van der Waals surface area contributed by atoms with E-state index in [1.165, 1.54) is 318 Å². The number of hydrogen-bond acceptors (Lipinski definition) is 14. The van der Waals surface area contributed by atoms with E-state index < -0.39 is 0 Å². The Hall–Kier alpha value is -6.02. The van der Waals surface area contributed by atoms with E-state index >= 15 is 0 Å². The number of hydrogen-bond donors (Lipinski definition) is 0. The summed E-state index contributed by atoms with van der Waals surface area (Å²) in [6, 6.07) is 0. The Bertz CT molecular complexity index is 3310. The van der Waals surface area contributed by atoms with Crippen molar-refractivity contribution in [2.24, 2.45) is 82.9 Å². The van der Waals surface area contributed by atoms with Gasteiger partial charge < -0.3 is 0 Å². The minimum Gasteiger partial charge on any atom is -0.252 e. The second kappa shape index (κ2) is 85.6. The van der Waals surface area contributed by atoms with E-state index in [0.29, 0.717) is 0 Å². The van der Waals surface area contributed by atoms with Crippen LogP contribution in [0.3, 0.4) is 0 Å². The fourth-order valence-corrected chi connectivity index (χ4v) is 16.8. The Morgan fingerprint density at radius 1 is 0.161 bits per heavy atom. The molecule has 7 aromatic rings. The first-order valence-corrected chi connectivity index (χ1v) is 57.8. The van der Waals surface area contributed by atoms with Crippen molar-refractivity contribution in [2.75, 3.05) is 0 Å². The second-order valence-corrected chi connectivity index (χ2v) is 46.8. The van der Waals surface area contributed by atoms with Gasteiger partial charge in [-0.3, -0.25) is 14.0 Å². The smallest absolute Gasteiger partial charge is 0.0827 e. The molecule has 0 aliphatic heterocycles. The Balaban J connectivity index is 0.000000799. The van der Waals surface area contributed by atoms with Crippen LogP contribution in [-0.4, -0.2) is 105 Å². The van der Waals surface area contributed by atoms with E-state index in [9.17, 15) is 0 Å². The summed E-state index contributed by atoms with van der Waals surface area (Å²) in [6.07, 6.45) is 81.7. The molecule has 0 aliphatic carbocycles. The molecule has 137 heavy (non-hydrogen) atoms. The molecule has 0 saturated carbocycles. The van der Waals surface area contributed by atoms with Crippen LogP contribution in [-0.2, 0) is 90.8 Å². The fourth-order valence-electron chi connectivity index (χ4n) is 16.8. The van der Waals surface area contributed by atoms with E-state index in [1.54, 1.807) is 0 Å². The van der Waals surface area contributed by atoms with Gasteiger partial charge in [0.2, 0.25) is 0 Å². The molecule has 0 N–H and O–H groups in total. The maximum absolute atomic E-state index is 4.26. The van der Waals surface area contributed by atoms with Gasteiger partial charge in [-0.25, -0.2) is 18.7 Å². The predicted molar refractivity (Wildman–Crippen MR) is 586 cm³/mol. The molecule has 7 rings (SSSR count). The third-order valence-corrected chi connectivity index (χ3v) is 25.7. The van der Waals surface area contributed by atoms with Crippen molar-refractivity contribution in [1.29, 1.82) is 0 Å². The van der Waals surface area contributed by atoms with Crippen molar-refractivity contribution in [3.05, 3.63) is 83.2 Å². The maximum Gasteiger partial charge on any atom is 0.0827 e. The Kier molecular flexibility index (Phi) is 80.5. The van der Waals surface area contributed by atoms with Crippen LogP contribution in [0.1, 0.15) is 529 Å². The summed E-state index contributed by atoms with van der Waals surface area (Å²) in [4.78, 5) is 0. The van der Waals surface area contributed by atoms with Gasteiger partial charge in [0.1, 0.15) is 0 Å². The van der Waals surface area contributed by atoms with E-state index in [1.807, 2.05) is 38.8 Å². The lowest BCUT2D eigenvalue weighted by atomic mass is 10.0. The molecular weight excluding hydrogens is 1690 g/mol. The van der Waals surface area contributed by atoms with E-state index in [4.69, 9.17) is 0 Å². The van der Waals surface area contributed by atoms with Gasteiger partial charge in [-0.2, -0.15) is 0 Å². The highest BCUT2D eigenvalue weighted by molar-refractivity contribution is 4.98. The van der Waals surface area contributed by atoms with Crippen LogP contribution in [0.15, 0.2) is 43.4 Å². The van der Waals surface area contributed by atoms with E-state index in [2.05, 4.69) is 303 Å². The highest BCUT2D eigenvalue weighted by Gasteiger charge is 2.13. The summed E-state index contributed by atoms with van der Waals surface area (Å²) in [5, 5.41) is 58.6. The van der Waals surface area contributed by atoms with Gasteiger partial charge in [0.05, 0.1) is 64.6 Å². The van der Waals surface area contributed by atoms with Crippen LogP contribution in [0.25, 0.3) is 0 Å². The first-order chi connectivity index (χ1) is 65.6. The monoisotopic (exact) mass is 1910 g/mol. The molecular formula is C116H225N21. The largest absolute Gasteiger partial charge is 0.252 e. The number of aromatic nitrogens is 21. The van der Waals surface area contributed by atoms with Crippen molar-refractivity contribution in [3.63, 3.8) is 0 Å². The molecule has 0 atom stereocenters. The summed E-state index contributed by atoms with van der Waals surface area (Å²) in [7, 11) is 0. The van der Waals surface area contributed by atoms with Gasteiger partial charge in [-0.1, -0.05) is 436 Å². The maximum atomic E-state index is 4.26. The first kappa shape index (κ1) is 129. The average molecular weight is 1910 g/mol. The number of aryl methyl sites for hydroxylation is 14. The fraction of sp³-hybridized carbons (Fsp3) is 0.879. The zero-order valence-electron chi connectivity index (χ0n) is 95.4. The predicted octanol–water partition coefficient (Wildman–Crippen LogP) is 32.9. The summed E-state index contributed by atoms with van der Waals surface area (Å²) < 4.78 is 14.5. The minimum atomic E-state index is 0.788. The average Bonchev–Trinajstić information content (AvgIpc) is 1.77. The molecule has 21 heteroatoms. The summed E-state index contributed by atoms with van der Waals surface area (Å²) >= 11 is 0. The normalized spacial score (nSPS) is 11.7. The molecule has 0 unspecified atom stereocenters. The Labute approximate surface area is 846 Å². The molecule has 0 spiro atoms. The lowest BCUT2D eigenvalue weighted by Crippen LogP contribution is -2.06. The van der Waals surface area contributed by atoms with E-state index in [-0.39, 0.29) is 0 Å². The molecule has 0 radical (unpaired) electrons. The number of rotatable bonds is 74. The van der Waals surface area contributed by atoms with Crippen LogP contribution in [0.2, 0.25) is 0 Å². The van der Waals surface area contributed by atoms with Crippen LogP contribution < -0.4 is 0 Å². The van der Waals surface area contributed by atoms with Gasteiger partial charge in [-0.05, 0) is 218 Å². The zero-order valence-corrected chi connectivity index (χ0v) is 95.4. The van der Waals surface area contributed by atoms with Crippen molar-refractivity contribution in [3.8, 4) is 0 Å². The summed E-state index contributed by atoms with van der Waals surface area (Å²) in [5.41, 5.74) is 8.74. The topological polar surface area (TPSA) is 215 Å². The highest BCUT2D eigenvalue weighted by Crippen LogP contribution is 2.22. The lowest BCUT2D eigenvalue weighted by molar-refractivity contribution is 0.472. The van der Waals surface area contributed by atoms with Gasteiger partial charge in [0.25, 0.3) is 0 Å². The molecule has 21 nitrogen and oxygen atoms in total. The molecule has 7 heterocycles. The van der Waals surface area contributed by atoms with Gasteiger partial charge >= 0.3 is 0 Å². The SMILES string of the molecule is CC(C)CCCCCc1cnnn1CCCCC(C)C.CC(C)CCCCCc1cnnn1CCCCC(C)C.CC(C)CCCCCn1cc(CCCC(C)C)nn1.CC(C)CCCCCn1cc(CCCC(C)C)nn1.CC(C)CCCCCn1nncc1CCCCC(C)C.CC(C)CCCCCn1nncc1CCCCC(C)C.CC(C)CCCCc1cn(CCCCC(C)C)nn1. The third kappa shape index (κ3) is 80.1. The highest BCUT2D eigenvalue weighted by atomic mass is 15.5. The molecule has 0 amide bonds. The summed E-state index contributed by atoms with van der Waals surface area (Å²) in [5.74, 6) is 11.5. The third-order valence-electron chi connectivity index (χ3n) is 25.7. The number of nitrogens with zero attached hydrogens (tertiary/aromatic N) is 21. The molecule has 0 saturated heterocycles. The molecule has 0 aliphatic rings. The van der Waals surface area contributed by atoms with Gasteiger partial charge in [-0.15, -0.1) is 35.7 Å². The van der Waals surface area contributed by atoms with Crippen molar-refractivity contribution >= 4 is 0 Å². The lowest BCUT2D eigenvalue weighted by Gasteiger charge is -2.08. The first-order valence-electron chi connectivity index (χ1n) is 57.8. The Morgan fingerprint density at radius 3 is 0.533 bits per heavy atom. The molecule has 0 fully saturated rings. The van der Waals surface area contributed by atoms with Crippen LogP contribution in [0.4, 0.5) is 0 Å². The molecule has 794 valence electrons. The van der Waals surface area contributed by atoms with Crippen molar-refractivity contribution < 1.29 is 0 Å². The minimum absolute atomic E-state index is 0.788. The zero-order chi connectivity index (χ0) is 101. The van der Waals surface area contributed by atoms with Crippen molar-refractivity contribution in [1.82, 2.24) is 105 Å². The van der Waals surface area contributed by atoms with E-state index in [0.717, 1.165) is 191 Å².